The molecule has 0 saturated carbocycles. The average Bonchev–Trinajstić information content (AvgIpc) is 2.33. The zero-order valence-electron chi connectivity index (χ0n) is 13.0. The second-order valence-corrected chi connectivity index (χ2v) is 6.11. The van der Waals surface area contributed by atoms with Gasteiger partial charge in [-0.05, 0) is 52.3 Å². The van der Waals surface area contributed by atoms with Gasteiger partial charge in [0.05, 0.1) is 19.8 Å². The summed E-state index contributed by atoms with van der Waals surface area (Å²) >= 11 is 0. The second kappa shape index (κ2) is 6.92. The summed E-state index contributed by atoms with van der Waals surface area (Å²) in [5, 5.41) is 3.49. The molecule has 0 unspecified atom stereocenters. The van der Waals surface area contributed by atoms with Crippen LogP contribution in [0, 0.1) is 0 Å². The van der Waals surface area contributed by atoms with E-state index in [4.69, 9.17) is 9.47 Å². The third-order valence-electron chi connectivity index (χ3n) is 2.74. The lowest BCUT2D eigenvalue weighted by atomic mass is 10.1. The summed E-state index contributed by atoms with van der Waals surface area (Å²) in [7, 11) is 1.70. The Hall–Kier alpha value is -1.06. The molecule has 0 aliphatic heterocycles. The van der Waals surface area contributed by atoms with Crippen LogP contribution in [-0.2, 0) is 17.9 Å². The number of rotatable bonds is 6. The maximum Gasteiger partial charge on any atom is 0.124 e. The topological polar surface area (TPSA) is 30.5 Å². The van der Waals surface area contributed by atoms with Crippen LogP contribution >= 0.6 is 0 Å². The molecule has 1 N–H and O–H groups in total. The van der Waals surface area contributed by atoms with Crippen molar-refractivity contribution in [3.8, 4) is 5.75 Å². The summed E-state index contributed by atoms with van der Waals surface area (Å²) in [6.45, 7) is 12.0. The van der Waals surface area contributed by atoms with Crippen LogP contribution in [-0.4, -0.2) is 18.8 Å². The van der Waals surface area contributed by atoms with Gasteiger partial charge in [0.25, 0.3) is 0 Å². The van der Waals surface area contributed by atoms with Gasteiger partial charge >= 0.3 is 0 Å². The highest BCUT2D eigenvalue weighted by Crippen LogP contribution is 2.21. The van der Waals surface area contributed by atoms with Gasteiger partial charge in [0.15, 0.2) is 0 Å². The van der Waals surface area contributed by atoms with Crippen molar-refractivity contribution >= 4 is 0 Å². The summed E-state index contributed by atoms with van der Waals surface area (Å²) in [5.41, 5.74) is 2.47. The zero-order chi connectivity index (χ0) is 14.5. The van der Waals surface area contributed by atoms with Crippen molar-refractivity contribution in [3.63, 3.8) is 0 Å². The average molecular weight is 265 g/mol. The Morgan fingerprint density at radius 2 is 1.89 bits per heavy atom. The van der Waals surface area contributed by atoms with Gasteiger partial charge in [0, 0.05) is 17.6 Å². The maximum absolute atomic E-state index is 5.67. The quantitative estimate of drug-likeness (QED) is 0.854. The lowest BCUT2D eigenvalue weighted by Gasteiger charge is -2.21. The van der Waals surface area contributed by atoms with Gasteiger partial charge in [0.2, 0.25) is 0 Å². The molecule has 0 aromatic heterocycles. The fourth-order valence-electron chi connectivity index (χ4n) is 1.68. The molecule has 3 heteroatoms. The Kier molecular flexibility index (Phi) is 5.83. The predicted octanol–water partition coefficient (Wildman–Crippen LogP) is 3.51. The lowest BCUT2D eigenvalue weighted by molar-refractivity contribution is 0.0644. The second-order valence-electron chi connectivity index (χ2n) is 6.11. The molecule has 0 radical (unpaired) electrons. The van der Waals surface area contributed by atoms with Gasteiger partial charge < -0.3 is 14.8 Å². The SMILES string of the molecule is COc1ccc(CNC(C)(C)C)cc1COC(C)C. The van der Waals surface area contributed by atoms with E-state index in [1.807, 2.05) is 19.9 Å². The van der Waals surface area contributed by atoms with E-state index >= 15 is 0 Å². The van der Waals surface area contributed by atoms with Crippen LogP contribution in [0.5, 0.6) is 5.75 Å². The van der Waals surface area contributed by atoms with Crippen LogP contribution in [0.4, 0.5) is 0 Å². The minimum absolute atomic E-state index is 0.120. The van der Waals surface area contributed by atoms with Gasteiger partial charge in [-0.15, -0.1) is 0 Å². The molecule has 3 nitrogen and oxygen atoms in total. The molecule has 0 saturated heterocycles. The number of benzene rings is 1. The lowest BCUT2D eigenvalue weighted by Crippen LogP contribution is -2.35. The third kappa shape index (κ3) is 6.08. The molecule has 1 aromatic rings. The molecular formula is C16H27NO2. The monoisotopic (exact) mass is 265 g/mol. The summed E-state index contributed by atoms with van der Waals surface area (Å²) < 4.78 is 11.0. The fraction of sp³-hybridized carbons (Fsp3) is 0.625. The molecule has 1 aromatic carbocycles. The number of hydrogen-bond donors (Lipinski definition) is 1. The van der Waals surface area contributed by atoms with Crippen LogP contribution in [0.1, 0.15) is 45.7 Å². The molecule has 0 amide bonds. The first-order chi connectivity index (χ1) is 8.81. The summed E-state index contributed by atoms with van der Waals surface area (Å²) in [4.78, 5) is 0. The molecule has 0 heterocycles. The van der Waals surface area contributed by atoms with Crippen LogP contribution in [0.15, 0.2) is 18.2 Å². The van der Waals surface area contributed by atoms with Gasteiger partial charge in [-0.2, -0.15) is 0 Å². The number of methoxy groups -OCH3 is 1. The van der Waals surface area contributed by atoms with E-state index < -0.39 is 0 Å². The van der Waals surface area contributed by atoms with Crippen molar-refractivity contribution in [1.29, 1.82) is 0 Å². The Bertz CT molecular complexity index is 394. The molecule has 0 atom stereocenters. The van der Waals surface area contributed by atoms with Crippen LogP contribution in [0.25, 0.3) is 0 Å². The van der Waals surface area contributed by atoms with E-state index in [-0.39, 0.29) is 11.6 Å². The van der Waals surface area contributed by atoms with Crippen molar-refractivity contribution < 1.29 is 9.47 Å². The standard InChI is InChI=1S/C16H27NO2/c1-12(2)19-11-14-9-13(7-8-15(14)18-6)10-17-16(3,4)5/h7-9,12,17H,10-11H2,1-6H3. The minimum Gasteiger partial charge on any atom is -0.496 e. The zero-order valence-corrected chi connectivity index (χ0v) is 13.0. The highest BCUT2D eigenvalue weighted by Gasteiger charge is 2.10. The Labute approximate surface area is 117 Å². The van der Waals surface area contributed by atoms with Crippen LogP contribution < -0.4 is 10.1 Å². The van der Waals surface area contributed by atoms with E-state index in [2.05, 4.69) is 38.2 Å². The van der Waals surface area contributed by atoms with Crippen molar-refractivity contribution in [3.05, 3.63) is 29.3 Å². The van der Waals surface area contributed by atoms with Gasteiger partial charge in [-0.1, -0.05) is 6.07 Å². The Morgan fingerprint density at radius 3 is 2.42 bits per heavy atom. The number of hydrogen-bond acceptors (Lipinski definition) is 3. The van der Waals surface area contributed by atoms with Gasteiger partial charge in [0.1, 0.15) is 5.75 Å². The number of nitrogens with one attached hydrogen (secondary N) is 1. The van der Waals surface area contributed by atoms with E-state index in [9.17, 15) is 0 Å². The molecule has 19 heavy (non-hydrogen) atoms. The first kappa shape index (κ1) is 16.0. The molecule has 0 aliphatic rings. The molecule has 0 spiro atoms. The van der Waals surface area contributed by atoms with E-state index in [0.717, 1.165) is 17.9 Å². The smallest absolute Gasteiger partial charge is 0.124 e. The first-order valence-corrected chi connectivity index (χ1v) is 6.84. The molecule has 0 bridgehead atoms. The van der Waals surface area contributed by atoms with Crippen molar-refractivity contribution in [1.82, 2.24) is 5.32 Å². The highest BCUT2D eigenvalue weighted by molar-refractivity contribution is 5.37. The Balaban J connectivity index is 2.76. The first-order valence-electron chi connectivity index (χ1n) is 6.84. The van der Waals surface area contributed by atoms with Crippen molar-refractivity contribution in [2.45, 2.75) is 59.4 Å². The number of ether oxygens (including phenoxy) is 2. The van der Waals surface area contributed by atoms with Crippen molar-refractivity contribution in [2.24, 2.45) is 0 Å². The molecule has 1 rings (SSSR count). The van der Waals surface area contributed by atoms with Gasteiger partial charge in [-0.25, -0.2) is 0 Å². The fourth-order valence-corrected chi connectivity index (χ4v) is 1.68. The Morgan fingerprint density at radius 1 is 1.21 bits per heavy atom. The molecule has 0 fully saturated rings. The van der Waals surface area contributed by atoms with Gasteiger partial charge in [-0.3, -0.25) is 0 Å². The van der Waals surface area contributed by atoms with E-state index in [1.165, 1.54) is 5.56 Å². The third-order valence-corrected chi connectivity index (χ3v) is 2.74. The highest BCUT2D eigenvalue weighted by atomic mass is 16.5. The van der Waals surface area contributed by atoms with E-state index in [1.54, 1.807) is 7.11 Å². The van der Waals surface area contributed by atoms with Crippen LogP contribution in [0.2, 0.25) is 0 Å². The summed E-state index contributed by atoms with van der Waals surface area (Å²) in [6, 6.07) is 6.26. The predicted molar refractivity (Wildman–Crippen MR) is 79.5 cm³/mol. The molecule has 108 valence electrons. The summed E-state index contributed by atoms with van der Waals surface area (Å²) in [6.07, 6.45) is 0.223. The van der Waals surface area contributed by atoms with Crippen molar-refractivity contribution in [2.75, 3.05) is 7.11 Å². The van der Waals surface area contributed by atoms with Crippen LogP contribution in [0.3, 0.4) is 0 Å². The normalized spacial score (nSPS) is 11.9. The molecule has 0 aliphatic carbocycles. The summed E-state index contributed by atoms with van der Waals surface area (Å²) in [5.74, 6) is 0.889. The largest absolute Gasteiger partial charge is 0.496 e. The molecular weight excluding hydrogens is 238 g/mol. The van der Waals surface area contributed by atoms with E-state index in [0.29, 0.717) is 6.61 Å². The maximum atomic E-state index is 5.67. The minimum atomic E-state index is 0.120.